The van der Waals surface area contributed by atoms with E-state index in [2.05, 4.69) is 0 Å². The third kappa shape index (κ3) is 5.58. The molecule has 4 aromatic rings. The van der Waals surface area contributed by atoms with Crippen molar-refractivity contribution in [2.24, 2.45) is 0 Å². The predicted octanol–water partition coefficient (Wildman–Crippen LogP) is 5.76. The summed E-state index contributed by atoms with van der Waals surface area (Å²) in [4.78, 5) is 13.4. The van der Waals surface area contributed by atoms with Gasteiger partial charge in [-0.3, -0.25) is 4.31 Å². The van der Waals surface area contributed by atoms with Crippen LogP contribution in [0.25, 0.3) is 0 Å². The van der Waals surface area contributed by atoms with E-state index in [1.54, 1.807) is 37.3 Å². The van der Waals surface area contributed by atoms with Crippen molar-refractivity contribution < 1.29 is 22.7 Å². The molecule has 4 rings (SSSR count). The number of nitrogens with zero attached hydrogens (tertiary/aromatic N) is 1. The van der Waals surface area contributed by atoms with Crippen molar-refractivity contribution >= 4 is 21.7 Å². The Balaban J connectivity index is 1.77. The fraction of sp³-hybridized carbons (Fsp3) is 0.138. The Kier molecular flexibility index (Phi) is 7.71. The minimum absolute atomic E-state index is 0.0393. The summed E-state index contributed by atoms with van der Waals surface area (Å²) in [5.41, 5.74) is 2.70. The number of hydrogen-bond donors (Lipinski definition) is 0. The van der Waals surface area contributed by atoms with Gasteiger partial charge < -0.3 is 9.47 Å². The highest BCUT2D eigenvalue weighted by Crippen LogP contribution is 2.32. The van der Waals surface area contributed by atoms with Gasteiger partial charge in [0.15, 0.2) is 0 Å². The molecular weight excluding hydrogens is 474 g/mol. The molecule has 0 saturated carbocycles. The summed E-state index contributed by atoms with van der Waals surface area (Å²) in [7, 11) is -2.53. The second-order valence-corrected chi connectivity index (χ2v) is 10.1. The van der Waals surface area contributed by atoms with Crippen molar-refractivity contribution in [2.45, 2.75) is 25.0 Å². The van der Waals surface area contributed by atoms with E-state index in [9.17, 15) is 13.2 Å². The van der Waals surface area contributed by atoms with Gasteiger partial charge in [0.2, 0.25) is 0 Å². The van der Waals surface area contributed by atoms with Gasteiger partial charge in [0.25, 0.3) is 10.0 Å². The van der Waals surface area contributed by atoms with Gasteiger partial charge in [-0.1, -0.05) is 72.8 Å². The highest BCUT2D eigenvalue weighted by Gasteiger charge is 2.30. The Morgan fingerprint density at radius 2 is 1.39 bits per heavy atom. The van der Waals surface area contributed by atoms with Gasteiger partial charge in [0.1, 0.15) is 12.4 Å². The van der Waals surface area contributed by atoms with Crippen LogP contribution in [0.15, 0.2) is 108 Å². The molecule has 0 aliphatic carbocycles. The van der Waals surface area contributed by atoms with Gasteiger partial charge >= 0.3 is 5.97 Å². The largest absolute Gasteiger partial charge is 0.497 e. The summed E-state index contributed by atoms with van der Waals surface area (Å²) in [6, 6.07) is 29.9. The summed E-state index contributed by atoms with van der Waals surface area (Å²) in [5.74, 6) is -0.0424. The van der Waals surface area contributed by atoms with Gasteiger partial charge in [0, 0.05) is 0 Å². The fourth-order valence-corrected chi connectivity index (χ4v) is 5.31. The number of carbonyl (C=O) groups is 1. The number of esters is 1. The number of methoxy groups -OCH3 is 1. The third-order valence-electron chi connectivity index (χ3n) is 5.75. The predicted molar refractivity (Wildman–Crippen MR) is 140 cm³/mol. The van der Waals surface area contributed by atoms with E-state index in [0.29, 0.717) is 11.3 Å². The fourth-order valence-electron chi connectivity index (χ4n) is 3.84. The first-order valence-electron chi connectivity index (χ1n) is 11.4. The molecule has 0 N–H and O–H groups in total. The number of rotatable bonds is 9. The molecule has 6 nitrogen and oxygen atoms in total. The molecule has 184 valence electrons. The Labute approximate surface area is 211 Å². The maximum atomic E-state index is 13.9. The van der Waals surface area contributed by atoms with Crippen molar-refractivity contribution in [3.8, 4) is 5.75 Å². The van der Waals surface area contributed by atoms with E-state index in [1.807, 2.05) is 60.7 Å². The lowest BCUT2D eigenvalue weighted by molar-refractivity contribution is 0.0473. The molecule has 0 atom stereocenters. The van der Waals surface area contributed by atoms with E-state index in [0.717, 1.165) is 11.1 Å². The smallest absolute Gasteiger partial charge is 0.340 e. The molecule has 0 radical (unpaired) electrons. The zero-order chi connectivity index (χ0) is 25.5. The lowest BCUT2D eigenvalue weighted by Crippen LogP contribution is -2.32. The SMILES string of the molecule is COc1ccc(S(=O)(=O)N(Cc2ccccc2)c2cccc(C)c2C(=O)OCc2ccccc2)cc1. The lowest BCUT2D eigenvalue weighted by atomic mass is 10.1. The van der Waals surface area contributed by atoms with Gasteiger partial charge in [-0.25, -0.2) is 13.2 Å². The zero-order valence-electron chi connectivity index (χ0n) is 20.1. The summed E-state index contributed by atoms with van der Waals surface area (Å²) < 4.78 is 39.9. The summed E-state index contributed by atoms with van der Waals surface area (Å²) in [6.07, 6.45) is 0. The Bertz CT molecular complexity index is 1420. The first-order valence-corrected chi connectivity index (χ1v) is 12.9. The normalized spacial score (nSPS) is 11.1. The van der Waals surface area contributed by atoms with E-state index in [1.165, 1.54) is 23.5 Å². The monoisotopic (exact) mass is 501 g/mol. The Morgan fingerprint density at radius 3 is 2.00 bits per heavy atom. The molecule has 0 spiro atoms. The average molecular weight is 502 g/mol. The molecule has 0 bridgehead atoms. The minimum Gasteiger partial charge on any atom is -0.497 e. The molecule has 0 saturated heterocycles. The molecule has 0 aliphatic rings. The minimum atomic E-state index is -4.05. The van der Waals surface area contributed by atoms with Crippen LogP contribution in [0.2, 0.25) is 0 Å². The first-order chi connectivity index (χ1) is 17.4. The molecule has 7 heteroatoms. The molecule has 0 unspecified atom stereocenters. The number of sulfonamides is 1. The van der Waals surface area contributed by atoms with Crippen LogP contribution in [0.1, 0.15) is 27.0 Å². The second kappa shape index (κ2) is 11.1. The van der Waals surface area contributed by atoms with E-state index < -0.39 is 16.0 Å². The number of aryl methyl sites for hydroxylation is 1. The van der Waals surface area contributed by atoms with Crippen LogP contribution < -0.4 is 9.04 Å². The Morgan fingerprint density at radius 1 is 0.778 bits per heavy atom. The van der Waals surface area contributed by atoms with Crippen molar-refractivity contribution in [2.75, 3.05) is 11.4 Å². The molecular formula is C29H27NO5S. The van der Waals surface area contributed by atoms with Crippen molar-refractivity contribution in [3.05, 3.63) is 125 Å². The van der Waals surface area contributed by atoms with Gasteiger partial charge in [-0.05, 0) is 53.9 Å². The highest BCUT2D eigenvalue weighted by atomic mass is 32.2. The van der Waals surface area contributed by atoms with Crippen LogP contribution in [0.4, 0.5) is 5.69 Å². The van der Waals surface area contributed by atoms with Crippen LogP contribution in [0, 0.1) is 6.92 Å². The van der Waals surface area contributed by atoms with Crippen molar-refractivity contribution in [3.63, 3.8) is 0 Å². The molecule has 0 amide bonds. The standard InChI is InChI=1S/C29H27NO5S/c1-22-10-9-15-27(28(22)29(31)35-21-24-13-7-4-8-14-24)30(20-23-11-5-3-6-12-23)36(32,33)26-18-16-25(34-2)17-19-26/h3-19H,20-21H2,1-2H3. The van der Waals surface area contributed by atoms with Crippen LogP contribution in [-0.4, -0.2) is 21.5 Å². The second-order valence-electron chi connectivity index (χ2n) is 8.20. The first kappa shape index (κ1) is 25.0. The highest BCUT2D eigenvalue weighted by molar-refractivity contribution is 7.92. The molecule has 0 aliphatic heterocycles. The summed E-state index contributed by atoms with van der Waals surface area (Å²) in [5, 5.41) is 0. The van der Waals surface area contributed by atoms with Crippen molar-refractivity contribution in [1.82, 2.24) is 0 Å². The maximum Gasteiger partial charge on any atom is 0.340 e. The molecule has 4 aromatic carbocycles. The average Bonchev–Trinajstić information content (AvgIpc) is 2.91. The van der Waals surface area contributed by atoms with Crippen LogP contribution in [0.3, 0.4) is 0 Å². The lowest BCUT2D eigenvalue weighted by Gasteiger charge is -2.27. The van der Waals surface area contributed by atoms with Crippen LogP contribution in [-0.2, 0) is 27.9 Å². The number of benzene rings is 4. The number of anilines is 1. The van der Waals surface area contributed by atoms with Crippen LogP contribution >= 0.6 is 0 Å². The molecule has 36 heavy (non-hydrogen) atoms. The van der Waals surface area contributed by atoms with Gasteiger partial charge in [0.05, 0.1) is 29.8 Å². The third-order valence-corrected chi connectivity index (χ3v) is 7.53. The number of carbonyl (C=O) groups excluding carboxylic acids is 1. The van der Waals surface area contributed by atoms with Gasteiger partial charge in [-0.2, -0.15) is 0 Å². The van der Waals surface area contributed by atoms with E-state index in [-0.39, 0.29) is 29.3 Å². The Hall–Kier alpha value is -4.10. The van der Waals surface area contributed by atoms with Crippen molar-refractivity contribution in [1.29, 1.82) is 0 Å². The number of ether oxygens (including phenoxy) is 2. The van der Waals surface area contributed by atoms with Crippen LogP contribution in [0.5, 0.6) is 5.75 Å². The molecule has 0 aromatic heterocycles. The topological polar surface area (TPSA) is 72.9 Å². The summed E-state index contributed by atoms with van der Waals surface area (Å²) in [6.45, 7) is 1.89. The summed E-state index contributed by atoms with van der Waals surface area (Å²) >= 11 is 0. The zero-order valence-corrected chi connectivity index (χ0v) is 20.9. The molecule has 0 heterocycles. The maximum absolute atomic E-state index is 13.9. The van der Waals surface area contributed by atoms with E-state index in [4.69, 9.17) is 9.47 Å². The number of hydrogen-bond acceptors (Lipinski definition) is 5. The molecule has 0 fully saturated rings. The van der Waals surface area contributed by atoms with E-state index >= 15 is 0 Å². The quantitative estimate of drug-likeness (QED) is 0.273. The van der Waals surface area contributed by atoms with Gasteiger partial charge in [-0.15, -0.1) is 0 Å².